The number of sulfonamides is 1. The van der Waals surface area contributed by atoms with Gasteiger partial charge >= 0.3 is 0 Å². The highest BCUT2D eigenvalue weighted by atomic mass is 35.5. The first kappa shape index (κ1) is 19.5. The van der Waals surface area contributed by atoms with Gasteiger partial charge in [-0.3, -0.25) is 0 Å². The number of hydrazone groups is 1. The highest BCUT2D eigenvalue weighted by Crippen LogP contribution is 2.33. The van der Waals surface area contributed by atoms with Crippen LogP contribution in [0.15, 0.2) is 46.4 Å². The molecular weight excluding hydrogens is 390 g/mol. The fourth-order valence-electron chi connectivity index (χ4n) is 1.83. The first-order valence-electron chi connectivity index (χ1n) is 7.25. The van der Waals surface area contributed by atoms with E-state index in [0.717, 1.165) is 30.7 Å². The second kappa shape index (κ2) is 8.51. The summed E-state index contributed by atoms with van der Waals surface area (Å²) in [6, 6.07) is 7.48. The van der Waals surface area contributed by atoms with Crippen LogP contribution in [0, 0.1) is 5.82 Å². The van der Waals surface area contributed by atoms with Gasteiger partial charge < -0.3 is 4.74 Å². The number of ether oxygens (including phenoxy) is 1. The van der Waals surface area contributed by atoms with Gasteiger partial charge in [0.1, 0.15) is 5.82 Å². The lowest BCUT2D eigenvalue weighted by Crippen LogP contribution is -2.18. The van der Waals surface area contributed by atoms with Crippen LogP contribution in [0.4, 0.5) is 4.39 Å². The standard InChI is InChI=1S/C16H15Cl2FN2O3S/c1-2-7-24-16-14(17)8-11(9-15(16)18)10-20-21-25(22,23)13-5-3-12(19)4-6-13/h3-6,8-10,21H,2,7H2,1H3/b20-10+. The monoisotopic (exact) mass is 404 g/mol. The van der Waals surface area contributed by atoms with E-state index in [-0.39, 0.29) is 4.90 Å². The normalized spacial score (nSPS) is 11.7. The van der Waals surface area contributed by atoms with Crippen LogP contribution in [0.2, 0.25) is 10.0 Å². The zero-order chi connectivity index (χ0) is 18.4. The molecule has 1 N–H and O–H groups in total. The molecule has 5 nitrogen and oxygen atoms in total. The van der Waals surface area contributed by atoms with Crippen molar-refractivity contribution in [3.8, 4) is 5.75 Å². The molecule has 0 aromatic heterocycles. The number of benzene rings is 2. The largest absolute Gasteiger partial charge is 0.490 e. The van der Waals surface area contributed by atoms with E-state index in [4.69, 9.17) is 27.9 Å². The molecular formula is C16H15Cl2FN2O3S. The first-order chi connectivity index (χ1) is 11.8. The Morgan fingerprint density at radius 1 is 1.20 bits per heavy atom. The Bertz CT molecular complexity index is 848. The third-order valence-corrected chi connectivity index (χ3v) is 4.78. The molecule has 0 spiro atoms. The van der Waals surface area contributed by atoms with Crippen molar-refractivity contribution >= 4 is 39.4 Å². The van der Waals surface area contributed by atoms with Crippen molar-refractivity contribution in [1.29, 1.82) is 0 Å². The quantitative estimate of drug-likeness (QED) is 0.554. The Kier molecular flexibility index (Phi) is 6.64. The van der Waals surface area contributed by atoms with Crippen molar-refractivity contribution < 1.29 is 17.5 Å². The van der Waals surface area contributed by atoms with Crippen LogP contribution in [0.1, 0.15) is 18.9 Å². The third kappa shape index (κ3) is 5.32. The summed E-state index contributed by atoms with van der Waals surface area (Å²) in [4.78, 5) is 1.93. The predicted octanol–water partition coefficient (Wildman–Crippen LogP) is 4.23. The third-order valence-electron chi connectivity index (χ3n) is 2.98. The summed E-state index contributed by atoms with van der Waals surface area (Å²) in [6.45, 7) is 2.43. The first-order valence-corrected chi connectivity index (χ1v) is 9.49. The van der Waals surface area contributed by atoms with E-state index in [0.29, 0.717) is 28.0 Å². The van der Waals surface area contributed by atoms with Crippen molar-refractivity contribution in [2.45, 2.75) is 18.2 Å². The zero-order valence-corrected chi connectivity index (χ0v) is 15.5. The van der Waals surface area contributed by atoms with Gasteiger partial charge in [0, 0.05) is 0 Å². The van der Waals surface area contributed by atoms with Crippen molar-refractivity contribution in [2.75, 3.05) is 6.61 Å². The number of nitrogens with zero attached hydrogens (tertiary/aromatic N) is 1. The number of nitrogens with one attached hydrogen (secondary N) is 1. The van der Waals surface area contributed by atoms with Gasteiger partial charge in [-0.1, -0.05) is 30.1 Å². The minimum atomic E-state index is -3.89. The van der Waals surface area contributed by atoms with Crippen LogP contribution in [0.3, 0.4) is 0 Å². The molecule has 0 bridgehead atoms. The Hall–Kier alpha value is -1.83. The summed E-state index contributed by atoms with van der Waals surface area (Å²) in [5, 5.41) is 4.26. The highest BCUT2D eigenvalue weighted by Gasteiger charge is 2.13. The molecule has 0 saturated heterocycles. The molecule has 134 valence electrons. The van der Waals surface area contributed by atoms with Gasteiger partial charge in [0.25, 0.3) is 10.0 Å². The van der Waals surface area contributed by atoms with Gasteiger partial charge in [0.15, 0.2) is 5.75 Å². The second-order valence-electron chi connectivity index (χ2n) is 4.97. The molecule has 0 fully saturated rings. The van der Waals surface area contributed by atoms with Crippen LogP contribution < -0.4 is 9.57 Å². The summed E-state index contributed by atoms with van der Waals surface area (Å²) >= 11 is 12.2. The second-order valence-corrected chi connectivity index (χ2v) is 7.44. The van der Waals surface area contributed by atoms with Crippen molar-refractivity contribution in [2.24, 2.45) is 5.10 Å². The minimum absolute atomic E-state index is 0.106. The lowest BCUT2D eigenvalue weighted by atomic mass is 10.2. The average molecular weight is 405 g/mol. The Labute approximate surface area is 155 Å². The molecule has 0 aliphatic carbocycles. The van der Waals surface area contributed by atoms with Gasteiger partial charge in [-0.2, -0.15) is 13.5 Å². The van der Waals surface area contributed by atoms with Crippen LogP contribution in [-0.2, 0) is 10.0 Å². The fourth-order valence-corrected chi connectivity index (χ4v) is 3.24. The Morgan fingerprint density at radius 3 is 2.36 bits per heavy atom. The van der Waals surface area contributed by atoms with E-state index in [9.17, 15) is 12.8 Å². The van der Waals surface area contributed by atoms with Crippen LogP contribution in [-0.4, -0.2) is 21.2 Å². The van der Waals surface area contributed by atoms with Crippen molar-refractivity contribution in [1.82, 2.24) is 4.83 Å². The molecule has 2 aromatic rings. The molecule has 25 heavy (non-hydrogen) atoms. The van der Waals surface area contributed by atoms with E-state index in [1.165, 1.54) is 6.21 Å². The van der Waals surface area contributed by atoms with Gasteiger partial charge in [0.05, 0.1) is 27.8 Å². The number of halogens is 3. The molecule has 9 heteroatoms. The van der Waals surface area contributed by atoms with Gasteiger partial charge in [0.2, 0.25) is 0 Å². The lowest BCUT2D eigenvalue weighted by molar-refractivity contribution is 0.318. The maximum atomic E-state index is 12.9. The fraction of sp³-hybridized carbons (Fsp3) is 0.188. The predicted molar refractivity (Wildman–Crippen MR) is 96.6 cm³/mol. The van der Waals surface area contributed by atoms with E-state index in [2.05, 4.69) is 5.10 Å². The Balaban J connectivity index is 2.12. The Morgan fingerprint density at radius 2 is 1.80 bits per heavy atom. The maximum absolute atomic E-state index is 12.9. The summed E-state index contributed by atoms with van der Waals surface area (Å²) in [5.41, 5.74) is 0.487. The molecule has 0 amide bonds. The molecule has 0 aliphatic rings. The zero-order valence-electron chi connectivity index (χ0n) is 13.2. The van der Waals surface area contributed by atoms with Crippen molar-refractivity contribution in [3.63, 3.8) is 0 Å². The molecule has 0 aliphatic heterocycles. The minimum Gasteiger partial charge on any atom is -0.490 e. The molecule has 2 aromatic carbocycles. The summed E-state index contributed by atoms with van der Waals surface area (Å²) in [5.74, 6) is -0.161. The molecule has 0 radical (unpaired) electrons. The summed E-state index contributed by atoms with van der Waals surface area (Å²) in [7, 11) is -3.89. The molecule has 0 saturated carbocycles. The summed E-state index contributed by atoms with van der Waals surface area (Å²) < 4.78 is 42.3. The summed E-state index contributed by atoms with van der Waals surface area (Å²) in [6.07, 6.45) is 2.06. The van der Waals surface area contributed by atoms with Crippen LogP contribution >= 0.6 is 23.2 Å². The topological polar surface area (TPSA) is 67.8 Å². The molecule has 2 rings (SSSR count). The van der Waals surface area contributed by atoms with Gasteiger partial charge in [-0.05, 0) is 48.4 Å². The average Bonchev–Trinajstić information content (AvgIpc) is 2.54. The van der Waals surface area contributed by atoms with E-state index < -0.39 is 15.8 Å². The van der Waals surface area contributed by atoms with E-state index >= 15 is 0 Å². The highest BCUT2D eigenvalue weighted by molar-refractivity contribution is 7.89. The molecule has 0 unspecified atom stereocenters. The molecule has 0 atom stereocenters. The maximum Gasteiger partial charge on any atom is 0.276 e. The van der Waals surface area contributed by atoms with Gasteiger partial charge in [-0.15, -0.1) is 0 Å². The van der Waals surface area contributed by atoms with E-state index in [1.807, 2.05) is 11.8 Å². The number of rotatable bonds is 7. The molecule has 0 heterocycles. The number of hydrogen-bond donors (Lipinski definition) is 1. The van der Waals surface area contributed by atoms with Crippen molar-refractivity contribution in [3.05, 3.63) is 57.8 Å². The van der Waals surface area contributed by atoms with Crippen LogP contribution in [0.5, 0.6) is 5.75 Å². The number of hydrogen-bond acceptors (Lipinski definition) is 4. The smallest absolute Gasteiger partial charge is 0.276 e. The SMILES string of the molecule is CCCOc1c(Cl)cc(/C=N/NS(=O)(=O)c2ccc(F)cc2)cc1Cl. The van der Waals surface area contributed by atoms with E-state index in [1.54, 1.807) is 12.1 Å². The lowest BCUT2D eigenvalue weighted by Gasteiger charge is -2.09. The van der Waals surface area contributed by atoms with Gasteiger partial charge in [-0.25, -0.2) is 9.22 Å². The van der Waals surface area contributed by atoms with Crippen LogP contribution in [0.25, 0.3) is 0 Å².